The molecule has 3 heterocycles. The van der Waals surface area contributed by atoms with Gasteiger partial charge in [-0.3, -0.25) is 4.79 Å². The molecule has 1 amide bonds. The number of pyridine rings is 1. The third-order valence-electron chi connectivity index (χ3n) is 5.33. The Morgan fingerprint density at radius 3 is 2.44 bits per heavy atom. The first-order chi connectivity index (χ1) is 16.1. The maximum Gasteiger partial charge on any atom is 0.340 e. The highest BCUT2D eigenvalue weighted by Gasteiger charge is 2.22. The molecular weight excluding hydrogens is 462 g/mol. The number of esters is 1. The summed E-state index contributed by atoms with van der Waals surface area (Å²) in [7, 11) is 1.08. The molecular formula is C24H22F2N4O3S. The van der Waals surface area contributed by atoms with Crippen molar-refractivity contribution in [3.8, 4) is 11.3 Å². The molecule has 0 radical (unpaired) electrons. The molecule has 0 saturated carbocycles. The zero-order chi connectivity index (χ0) is 24.7. The van der Waals surface area contributed by atoms with Gasteiger partial charge in [-0.2, -0.15) is 5.10 Å². The van der Waals surface area contributed by atoms with E-state index in [9.17, 15) is 18.4 Å². The minimum Gasteiger partial charge on any atom is -0.465 e. The van der Waals surface area contributed by atoms with Crippen LogP contribution in [0.4, 0.5) is 14.5 Å². The van der Waals surface area contributed by atoms with Crippen molar-refractivity contribution < 1.29 is 23.1 Å². The molecule has 0 aliphatic rings. The lowest BCUT2D eigenvalue weighted by molar-refractivity contribution is 0.0595. The molecule has 7 nitrogen and oxygen atoms in total. The van der Waals surface area contributed by atoms with Crippen LogP contribution in [0.25, 0.3) is 22.3 Å². The smallest absolute Gasteiger partial charge is 0.340 e. The van der Waals surface area contributed by atoms with Gasteiger partial charge in [0.2, 0.25) is 0 Å². The number of anilines is 1. The molecule has 0 unspecified atom stereocenters. The summed E-state index contributed by atoms with van der Waals surface area (Å²) in [5.74, 6) is -3.74. The Kier molecular flexibility index (Phi) is 6.18. The largest absolute Gasteiger partial charge is 0.465 e. The first kappa shape index (κ1) is 23.5. The van der Waals surface area contributed by atoms with Gasteiger partial charge in [0, 0.05) is 27.4 Å². The second-order valence-electron chi connectivity index (χ2n) is 8.06. The highest BCUT2D eigenvalue weighted by molar-refractivity contribution is 7.12. The highest BCUT2D eigenvalue weighted by atomic mass is 32.1. The quantitative estimate of drug-likeness (QED) is 0.369. The number of hydrogen-bond donors (Lipinski definition) is 1. The van der Waals surface area contributed by atoms with E-state index >= 15 is 0 Å². The molecule has 0 aliphatic heterocycles. The van der Waals surface area contributed by atoms with E-state index < -0.39 is 29.1 Å². The van der Waals surface area contributed by atoms with Crippen LogP contribution >= 0.6 is 11.3 Å². The fraction of sp³-hybridized carbons (Fsp3) is 0.250. The van der Waals surface area contributed by atoms with Crippen LogP contribution in [0.1, 0.15) is 50.4 Å². The predicted octanol–water partition coefficient (Wildman–Crippen LogP) is 5.67. The van der Waals surface area contributed by atoms with Crippen LogP contribution in [0.2, 0.25) is 0 Å². The second kappa shape index (κ2) is 8.94. The van der Waals surface area contributed by atoms with Crippen LogP contribution in [-0.2, 0) is 4.74 Å². The molecule has 4 aromatic rings. The molecule has 176 valence electrons. The summed E-state index contributed by atoms with van der Waals surface area (Å²) >= 11 is 1.62. The molecule has 1 N–H and O–H groups in total. The zero-order valence-electron chi connectivity index (χ0n) is 19.2. The molecule has 3 aromatic heterocycles. The lowest BCUT2D eigenvalue weighted by atomic mass is 10.1. The van der Waals surface area contributed by atoms with Gasteiger partial charge >= 0.3 is 5.97 Å². The Bertz CT molecular complexity index is 1440. The Balaban J connectivity index is 1.85. The molecule has 0 atom stereocenters. The van der Waals surface area contributed by atoms with Crippen molar-refractivity contribution in [3.05, 3.63) is 63.0 Å². The normalized spacial score (nSPS) is 11.3. The van der Waals surface area contributed by atoms with Crippen molar-refractivity contribution in [2.45, 2.75) is 33.7 Å². The number of nitrogens with zero attached hydrogens (tertiary/aromatic N) is 3. The number of ether oxygens (including phenoxy) is 1. The summed E-state index contributed by atoms with van der Waals surface area (Å²) in [6.07, 6.45) is 1.54. The Labute approximate surface area is 198 Å². The number of halogens is 2. The van der Waals surface area contributed by atoms with Crippen molar-refractivity contribution >= 4 is 39.9 Å². The van der Waals surface area contributed by atoms with Crippen molar-refractivity contribution in [3.63, 3.8) is 0 Å². The molecule has 4 rings (SSSR count). The first-order valence-corrected chi connectivity index (χ1v) is 11.3. The number of amides is 1. The molecule has 0 aliphatic carbocycles. The lowest BCUT2D eigenvalue weighted by Crippen LogP contribution is -2.16. The molecule has 0 spiro atoms. The minimum atomic E-state index is -1.09. The molecule has 0 saturated heterocycles. The van der Waals surface area contributed by atoms with Crippen LogP contribution in [-0.4, -0.2) is 33.8 Å². The summed E-state index contributed by atoms with van der Waals surface area (Å²) in [6, 6.07) is 5.05. The Morgan fingerprint density at radius 2 is 1.82 bits per heavy atom. The molecule has 0 bridgehead atoms. The fourth-order valence-corrected chi connectivity index (χ4v) is 4.64. The van der Waals surface area contributed by atoms with Crippen molar-refractivity contribution in [1.29, 1.82) is 0 Å². The number of carbonyl (C=O) groups excluding carboxylic acids is 2. The monoisotopic (exact) mass is 484 g/mol. The predicted molar refractivity (Wildman–Crippen MR) is 126 cm³/mol. The standard InChI is InChI=1S/C24H22F2N4O3S/c1-11(2)30-22-17(10-27-30)15(7-20(28-22)14-6-12(3)34-13(14)4)23(31)29-21-8-16(24(32)33-5)18(25)9-19(21)26/h6-11H,1-5H3,(H,29,31). The van der Waals surface area contributed by atoms with E-state index in [2.05, 4.69) is 15.2 Å². The van der Waals surface area contributed by atoms with Gasteiger partial charge in [-0.15, -0.1) is 11.3 Å². The third kappa shape index (κ3) is 4.16. The molecule has 0 fully saturated rings. The average molecular weight is 485 g/mol. The van der Waals surface area contributed by atoms with Gasteiger partial charge in [-0.05, 0) is 45.9 Å². The van der Waals surface area contributed by atoms with Gasteiger partial charge < -0.3 is 10.1 Å². The number of benzene rings is 1. The highest BCUT2D eigenvalue weighted by Crippen LogP contribution is 2.33. The van der Waals surface area contributed by atoms with Gasteiger partial charge in [0.1, 0.15) is 11.6 Å². The van der Waals surface area contributed by atoms with Gasteiger partial charge in [0.15, 0.2) is 5.65 Å². The number of carbonyl (C=O) groups is 2. The van der Waals surface area contributed by atoms with E-state index in [1.54, 1.807) is 22.1 Å². The summed E-state index contributed by atoms with van der Waals surface area (Å²) in [6.45, 7) is 7.86. The van der Waals surface area contributed by atoms with E-state index in [1.165, 1.54) is 6.20 Å². The number of rotatable bonds is 5. The van der Waals surface area contributed by atoms with Crippen LogP contribution in [0.5, 0.6) is 0 Å². The topological polar surface area (TPSA) is 86.1 Å². The number of aryl methyl sites for hydroxylation is 2. The van der Waals surface area contributed by atoms with Gasteiger partial charge in [-0.25, -0.2) is 23.2 Å². The maximum absolute atomic E-state index is 14.5. The maximum atomic E-state index is 14.5. The van der Waals surface area contributed by atoms with E-state index in [0.717, 1.165) is 28.5 Å². The number of methoxy groups -OCH3 is 1. The van der Waals surface area contributed by atoms with Gasteiger partial charge in [0.05, 0.1) is 41.2 Å². The number of aromatic nitrogens is 3. The SMILES string of the molecule is COC(=O)c1cc(NC(=O)c2cc(-c3cc(C)sc3C)nc3c2cnn3C(C)C)c(F)cc1F. The third-order valence-corrected chi connectivity index (χ3v) is 6.29. The van der Waals surface area contributed by atoms with Crippen LogP contribution in [0.3, 0.4) is 0 Å². The van der Waals surface area contributed by atoms with Crippen molar-refractivity contribution in [1.82, 2.24) is 14.8 Å². The Hall–Kier alpha value is -3.66. The molecule has 10 heteroatoms. The number of nitrogens with one attached hydrogen (secondary N) is 1. The molecule has 34 heavy (non-hydrogen) atoms. The van der Waals surface area contributed by atoms with Gasteiger partial charge in [-0.1, -0.05) is 0 Å². The summed E-state index contributed by atoms with van der Waals surface area (Å²) < 4.78 is 34.7. The van der Waals surface area contributed by atoms with Crippen molar-refractivity contribution in [2.24, 2.45) is 0 Å². The fourth-order valence-electron chi connectivity index (χ4n) is 3.71. The zero-order valence-corrected chi connectivity index (χ0v) is 20.0. The molecule has 1 aromatic carbocycles. The van der Waals surface area contributed by atoms with Gasteiger partial charge in [0.25, 0.3) is 5.91 Å². The first-order valence-electron chi connectivity index (χ1n) is 10.4. The average Bonchev–Trinajstić information content (AvgIpc) is 3.36. The van der Waals surface area contributed by atoms with E-state index in [-0.39, 0.29) is 17.3 Å². The van der Waals surface area contributed by atoms with Crippen LogP contribution in [0.15, 0.2) is 30.5 Å². The summed E-state index contributed by atoms with van der Waals surface area (Å²) in [4.78, 5) is 32.0. The van der Waals surface area contributed by atoms with Crippen LogP contribution < -0.4 is 5.32 Å². The van der Waals surface area contributed by atoms with Crippen molar-refractivity contribution in [2.75, 3.05) is 12.4 Å². The second-order valence-corrected chi connectivity index (χ2v) is 9.52. The van der Waals surface area contributed by atoms with E-state index in [1.807, 2.05) is 33.8 Å². The lowest BCUT2D eigenvalue weighted by Gasteiger charge is -2.12. The Morgan fingerprint density at radius 1 is 1.09 bits per heavy atom. The summed E-state index contributed by atoms with van der Waals surface area (Å²) in [5.41, 5.74) is 1.36. The number of thiophene rings is 1. The summed E-state index contributed by atoms with van der Waals surface area (Å²) in [5, 5.41) is 7.31. The minimum absolute atomic E-state index is 0.0152. The van der Waals surface area contributed by atoms with E-state index in [4.69, 9.17) is 4.98 Å². The number of fused-ring (bicyclic) bond motifs is 1. The number of hydrogen-bond acceptors (Lipinski definition) is 6. The van der Waals surface area contributed by atoms with Crippen LogP contribution in [0, 0.1) is 25.5 Å². The van der Waals surface area contributed by atoms with E-state index in [0.29, 0.717) is 22.8 Å².